The van der Waals surface area contributed by atoms with Crippen molar-refractivity contribution in [1.29, 1.82) is 0 Å². The first kappa shape index (κ1) is 10.0. The van der Waals surface area contributed by atoms with Gasteiger partial charge in [0.05, 0.1) is 6.54 Å². The molecule has 1 rings (SSSR count). The van der Waals surface area contributed by atoms with Gasteiger partial charge in [0.1, 0.15) is 6.04 Å². The summed E-state index contributed by atoms with van der Waals surface area (Å²) in [5.74, 6) is -0.0888. The van der Waals surface area contributed by atoms with Gasteiger partial charge in [-0.15, -0.1) is 0 Å². The van der Waals surface area contributed by atoms with Gasteiger partial charge in [-0.2, -0.15) is 0 Å². The van der Waals surface area contributed by atoms with Gasteiger partial charge in [-0.25, -0.2) is 0 Å². The van der Waals surface area contributed by atoms with Crippen molar-refractivity contribution in [3.8, 4) is 0 Å². The van der Waals surface area contributed by atoms with Gasteiger partial charge < -0.3 is 10.2 Å². The second-order valence-electron chi connectivity index (χ2n) is 4.33. The Morgan fingerprint density at radius 1 is 1.38 bits per heavy atom. The zero-order valence-corrected chi connectivity index (χ0v) is 8.55. The van der Waals surface area contributed by atoms with E-state index in [0.29, 0.717) is 0 Å². The van der Waals surface area contributed by atoms with E-state index in [-0.39, 0.29) is 29.9 Å². The quantitative estimate of drug-likeness (QED) is 0.582. The van der Waals surface area contributed by atoms with E-state index in [9.17, 15) is 9.59 Å². The van der Waals surface area contributed by atoms with Crippen LogP contribution in [0, 0.1) is 0 Å². The Hall–Kier alpha value is -1.06. The lowest BCUT2D eigenvalue weighted by atomic mass is 10.0. The van der Waals surface area contributed by atoms with Gasteiger partial charge in [0.15, 0.2) is 0 Å². The predicted molar refractivity (Wildman–Crippen MR) is 49.1 cm³/mol. The molecular weight excluding hydrogens is 168 g/mol. The Labute approximate surface area is 78.3 Å². The summed E-state index contributed by atoms with van der Waals surface area (Å²) < 4.78 is 0. The number of carbonyl (C=O) groups excluding carboxylic acids is 2. The minimum Gasteiger partial charge on any atom is -0.345 e. The van der Waals surface area contributed by atoms with Crippen LogP contribution in [0.15, 0.2) is 0 Å². The highest BCUT2D eigenvalue weighted by molar-refractivity contribution is 5.94. The number of piperazine rings is 1. The number of nitrogens with zero attached hydrogens (tertiary/aromatic N) is 1. The molecule has 1 fully saturated rings. The Balaban J connectivity index is 2.91. The second kappa shape index (κ2) is 3.01. The van der Waals surface area contributed by atoms with Crippen LogP contribution >= 0.6 is 0 Å². The van der Waals surface area contributed by atoms with Gasteiger partial charge in [-0.05, 0) is 27.7 Å². The molecule has 4 nitrogen and oxygen atoms in total. The maximum Gasteiger partial charge on any atom is 0.243 e. The number of hydrogen-bond acceptors (Lipinski definition) is 2. The highest BCUT2D eigenvalue weighted by Crippen LogP contribution is 2.19. The number of amides is 2. The zero-order valence-electron chi connectivity index (χ0n) is 8.55. The van der Waals surface area contributed by atoms with Gasteiger partial charge in [0.2, 0.25) is 11.8 Å². The smallest absolute Gasteiger partial charge is 0.243 e. The molecule has 0 saturated carbocycles. The summed E-state index contributed by atoms with van der Waals surface area (Å²) in [5.41, 5.74) is -0.283. The maximum atomic E-state index is 11.5. The van der Waals surface area contributed by atoms with Crippen LogP contribution < -0.4 is 5.32 Å². The van der Waals surface area contributed by atoms with E-state index in [1.54, 1.807) is 11.8 Å². The largest absolute Gasteiger partial charge is 0.345 e. The van der Waals surface area contributed by atoms with Gasteiger partial charge in [0.25, 0.3) is 0 Å². The Bertz CT molecular complexity index is 242. The fourth-order valence-corrected chi connectivity index (χ4v) is 1.68. The van der Waals surface area contributed by atoms with Crippen LogP contribution in [0.2, 0.25) is 0 Å². The topological polar surface area (TPSA) is 49.4 Å². The molecule has 0 aromatic carbocycles. The molecule has 0 aromatic heterocycles. The van der Waals surface area contributed by atoms with Crippen molar-refractivity contribution < 1.29 is 9.59 Å². The van der Waals surface area contributed by atoms with Gasteiger partial charge in [-0.3, -0.25) is 9.59 Å². The van der Waals surface area contributed by atoms with E-state index in [1.807, 2.05) is 20.8 Å². The van der Waals surface area contributed by atoms with Crippen molar-refractivity contribution in [1.82, 2.24) is 10.2 Å². The SMILES string of the molecule is CC1C(=O)NCC(=O)N1C(C)(C)C. The fraction of sp³-hybridized carbons (Fsp3) is 0.778. The number of carbonyl (C=O) groups is 2. The van der Waals surface area contributed by atoms with Crippen LogP contribution in [-0.4, -0.2) is 34.8 Å². The van der Waals surface area contributed by atoms with E-state index >= 15 is 0 Å². The van der Waals surface area contributed by atoms with E-state index in [2.05, 4.69) is 5.32 Å². The lowest BCUT2D eigenvalue weighted by Gasteiger charge is -2.42. The molecular formula is C9H16N2O2. The number of rotatable bonds is 0. The molecule has 0 spiro atoms. The molecule has 0 aromatic rings. The molecule has 1 aliphatic heterocycles. The molecule has 0 bridgehead atoms. The number of hydrogen-bond donors (Lipinski definition) is 1. The summed E-state index contributed by atoms with van der Waals surface area (Å²) in [6.07, 6.45) is 0. The monoisotopic (exact) mass is 184 g/mol. The summed E-state index contributed by atoms with van der Waals surface area (Å²) in [5, 5.41) is 2.55. The highest BCUT2D eigenvalue weighted by Gasteiger charge is 2.37. The highest BCUT2D eigenvalue weighted by atomic mass is 16.2. The molecule has 1 N–H and O–H groups in total. The molecule has 1 atom stereocenters. The zero-order chi connectivity index (χ0) is 10.2. The second-order valence-corrected chi connectivity index (χ2v) is 4.33. The van der Waals surface area contributed by atoms with Crippen molar-refractivity contribution in [2.45, 2.75) is 39.3 Å². The third kappa shape index (κ3) is 1.82. The van der Waals surface area contributed by atoms with Gasteiger partial charge in [-0.1, -0.05) is 0 Å². The number of nitrogens with one attached hydrogen (secondary N) is 1. The molecule has 1 heterocycles. The normalized spacial score (nSPS) is 24.6. The molecule has 74 valence electrons. The average molecular weight is 184 g/mol. The molecule has 0 aliphatic carbocycles. The first-order valence-corrected chi connectivity index (χ1v) is 4.44. The molecule has 1 unspecified atom stereocenters. The van der Waals surface area contributed by atoms with Crippen molar-refractivity contribution >= 4 is 11.8 Å². The van der Waals surface area contributed by atoms with Gasteiger partial charge in [0, 0.05) is 5.54 Å². The van der Waals surface area contributed by atoms with Crippen LogP contribution in [0.5, 0.6) is 0 Å². The van der Waals surface area contributed by atoms with E-state index in [1.165, 1.54) is 0 Å². The first-order valence-electron chi connectivity index (χ1n) is 4.44. The summed E-state index contributed by atoms with van der Waals surface area (Å²) in [6.45, 7) is 7.66. The minimum atomic E-state index is -0.360. The third-order valence-corrected chi connectivity index (χ3v) is 2.17. The lowest BCUT2D eigenvalue weighted by Crippen LogP contribution is -2.62. The molecule has 2 amide bonds. The van der Waals surface area contributed by atoms with Crippen LogP contribution in [0.25, 0.3) is 0 Å². The Kier molecular flexibility index (Phi) is 2.32. The van der Waals surface area contributed by atoms with E-state index < -0.39 is 0 Å². The summed E-state index contributed by atoms with van der Waals surface area (Å²) in [7, 11) is 0. The first-order chi connectivity index (χ1) is 5.84. The van der Waals surface area contributed by atoms with Crippen LogP contribution in [0.3, 0.4) is 0 Å². The van der Waals surface area contributed by atoms with Crippen molar-refractivity contribution in [2.24, 2.45) is 0 Å². The molecule has 13 heavy (non-hydrogen) atoms. The lowest BCUT2D eigenvalue weighted by molar-refractivity contribution is -0.150. The van der Waals surface area contributed by atoms with Crippen LogP contribution in [-0.2, 0) is 9.59 Å². The molecule has 0 radical (unpaired) electrons. The summed E-state index contributed by atoms with van der Waals surface area (Å²) in [4.78, 5) is 24.4. The van der Waals surface area contributed by atoms with Crippen molar-refractivity contribution in [3.63, 3.8) is 0 Å². The molecule has 1 aliphatic rings. The van der Waals surface area contributed by atoms with E-state index in [0.717, 1.165) is 0 Å². The summed E-state index contributed by atoms with van der Waals surface area (Å²) >= 11 is 0. The minimum absolute atomic E-state index is 0.0143. The maximum absolute atomic E-state index is 11.5. The molecule has 1 saturated heterocycles. The Morgan fingerprint density at radius 2 is 1.92 bits per heavy atom. The van der Waals surface area contributed by atoms with Crippen LogP contribution in [0.1, 0.15) is 27.7 Å². The Morgan fingerprint density at radius 3 is 2.31 bits per heavy atom. The van der Waals surface area contributed by atoms with E-state index in [4.69, 9.17) is 0 Å². The predicted octanol–water partition coefficient (Wildman–Crippen LogP) is 0.132. The van der Waals surface area contributed by atoms with Gasteiger partial charge >= 0.3 is 0 Å². The van der Waals surface area contributed by atoms with Crippen molar-refractivity contribution in [3.05, 3.63) is 0 Å². The average Bonchev–Trinajstić information content (AvgIpc) is 1.95. The standard InChI is InChI=1S/C9H16N2O2/c1-6-8(13)10-5-7(12)11(6)9(2,3)4/h6H,5H2,1-4H3,(H,10,13). The summed E-state index contributed by atoms with van der Waals surface area (Å²) in [6, 6.07) is -0.360. The molecule has 4 heteroatoms. The third-order valence-electron chi connectivity index (χ3n) is 2.17. The fourth-order valence-electron chi connectivity index (χ4n) is 1.68. The van der Waals surface area contributed by atoms with Crippen LogP contribution in [0.4, 0.5) is 0 Å². The van der Waals surface area contributed by atoms with Crippen molar-refractivity contribution in [2.75, 3.05) is 6.54 Å².